The van der Waals surface area contributed by atoms with E-state index in [2.05, 4.69) is 15.3 Å². The number of carbonyl (C=O) groups is 3. The van der Waals surface area contributed by atoms with E-state index in [9.17, 15) is 42.3 Å². The maximum absolute atomic E-state index is 14.5. The molecule has 1 aliphatic heterocycles. The Morgan fingerprint density at radius 3 is 2.47 bits per heavy atom. The summed E-state index contributed by atoms with van der Waals surface area (Å²) in [7, 11) is 0. The molecule has 1 saturated carbocycles. The molecule has 2 aromatic carbocycles. The van der Waals surface area contributed by atoms with Gasteiger partial charge in [0.1, 0.15) is 41.6 Å². The van der Waals surface area contributed by atoms with Gasteiger partial charge in [-0.25, -0.2) is 27.5 Å². The van der Waals surface area contributed by atoms with Gasteiger partial charge >= 0.3 is 0 Å². The van der Waals surface area contributed by atoms with E-state index >= 15 is 0 Å². The van der Waals surface area contributed by atoms with Crippen molar-refractivity contribution in [3.8, 4) is 6.07 Å². The van der Waals surface area contributed by atoms with Gasteiger partial charge in [0, 0.05) is 48.2 Å². The number of amides is 3. The molecule has 3 atom stereocenters. The topological polar surface area (TPSA) is 140 Å². The van der Waals surface area contributed by atoms with E-state index in [0.29, 0.717) is 11.0 Å². The van der Waals surface area contributed by atoms with Crippen LogP contribution in [-0.4, -0.2) is 56.9 Å². The van der Waals surface area contributed by atoms with Crippen molar-refractivity contribution in [3.05, 3.63) is 82.6 Å². The van der Waals surface area contributed by atoms with E-state index in [1.165, 1.54) is 30.3 Å². The second-order valence-electron chi connectivity index (χ2n) is 10.1. The second-order valence-corrected chi connectivity index (χ2v) is 10.5. The first-order valence-electron chi connectivity index (χ1n) is 12.8. The van der Waals surface area contributed by atoms with Crippen LogP contribution >= 0.6 is 11.6 Å². The lowest BCUT2D eigenvalue weighted by Crippen LogP contribution is -2.56. The van der Waals surface area contributed by atoms with Gasteiger partial charge in [-0.2, -0.15) is 5.26 Å². The number of aliphatic hydroxyl groups is 1. The van der Waals surface area contributed by atoms with E-state index in [4.69, 9.17) is 11.6 Å². The van der Waals surface area contributed by atoms with Crippen molar-refractivity contribution >= 4 is 41.0 Å². The number of benzene rings is 2. The first-order valence-corrected chi connectivity index (χ1v) is 13.2. The Morgan fingerprint density at radius 2 is 1.84 bits per heavy atom. The van der Waals surface area contributed by atoms with Crippen molar-refractivity contribution in [2.45, 2.75) is 49.4 Å². The number of anilines is 2. The highest BCUT2D eigenvalue weighted by Crippen LogP contribution is 2.40. The fourth-order valence-corrected chi connectivity index (χ4v) is 5.33. The molecule has 0 spiro atoms. The van der Waals surface area contributed by atoms with Crippen LogP contribution in [0.5, 0.6) is 0 Å². The van der Waals surface area contributed by atoms with Gasteiger partial charge in [-0.3, -0.25) is 24.2 Å². The van der Waals surface area contributed by atoms with Gasteiger partial charge < -0.3 is 10.4 Å². The Kier molecular flexibility index (Phi) is 8.04. The van der Waals surface area contributed by atoms with Crippen LogP contribution in [-0.2, 0) is 14.4 Å². The Morgan fingerprint density at radius 1 is 1.16 bits per heavy atom. The monoisotopic (exact) mass is 616 g/mol. The average Bonchev–Trinajstić information content (AvgIpc) is 3.24. The summed E-state index contributed by atoms with van der Waals surface area (Å²) in [5.74, 6) is -8.76. The fraction of sp³-hybridized carbons (Fsp3) is 0.286. The van der Waals surface area contributed by atoms with Crippen LogP contribution in [0.4, 0.5) is 29.2 Å². The Labute approximate surface area is 246 Å². The normalized spacial score (nSPS) is 20.2. The molecule has 3 amide bonds. The number of alkyl halides is 2. The molecule has 1 aromatic heterocycles. The number of aliphatic hydroxyl groups excluding tert-OH is 1. The third-order valence-corrected chi connectivity index (χ3v) is 7.39. The van der Waals surface area contributed by atoms with Crippen molar-refractivity contribution in [2.24, 2.45) is 0 Å². The lowest BCUT2D eigenvalue weighted by Gasteiger charge is -2.39. The predicted octanol–water partition coefficient (Wildman–Crippen LogP) is 3.43. The van der Waals surface area contributed by atoms with E-state index < -0.39 is 90.4 Å². The molecule has 2 aliphatic rings. The summed E-state index contributed by atoms with van der Waals surface area (Å²) in [5, 5.41) is 22.1. The number of aromatic nitrogens is 2. The maximum Gasteiger partial charge on any atom is 0.259 e. The number of hydrogen-bond acceptors (Lipinski definition) is 7. The minimum Gasteiger partial charge on any atom is -0.383 e. The molecule has 0 radical (unpaired) electrons. The van der Waals surface area contributed by atoms with E-state index in [0.717, 1.165) is 23.2 Å². The van der Waals surface area contributed by atoms with Crippen LogP contribution < -0.4 is 15.1 Å². The number of hydrogen-bond donors (Lipinski definition) is 2. The van der Waals surface area contributed by atoms with Gasteiger partial charge in [0.2, 0.25) is 11.9 Å². The van der Waals surface area contributed by atoms with E-state index in [-0.39, 0.29) is 16.3 Å². The van der Waals surface area contributed by atoms with Crippen LogP contribution in [0.2, 0.25) is 5.02 Å². The molecule has 2 N–H and O–H groups in total. The molecule has 10 nitrogen and oxygen atoms in total. The Balaban J connectivity index is 1.65. The van der Waals surface area contributed by atoms with Gasteiger partial charge in [0.25, 0.3) is 17.7 Å². The molecule has 15 heteroatoms. The van der Waals surface area contributed by atoms with Crippen molar-refractivity contribution in [3.63, 3.8) is 0 Å². The van der Waals surface area contributed by atoms with Crippen molar-refractivity contribution in [2.75, 3.05) is 9.80 Å². The standard InChI is InChI=1S/C28H21ClF4N6O4/c29-20-4-2-1-3-19(20)23(24(41)36-17-11-28(32,33)12-17)38(18-8-14(30)7-15(31)9-18)25(42)21-10-22(40)26(43)39(21)27-35-6-5-16(13-34)37-27/h1-9,17,21-23,40H,10-12H2,(H,36,41)/t21-,22+,23+/m0/s1. The summed E-state index contributed by atoms with van der Waals surface area (Å²) < 4.78 is 56.3. The van der Waals surface area contributed by atoms with Crippen molar-refractivity contribution in [1.29, 1.82) is 5.26 Å². The largest absolute Gasteiger partial charge is 0.383 e. The molecule has 2 fully saturated rings. The van der Waals surface area contributed by atoms with Gasteiger partial charge in [-0.1, -0.05) is 29.8 Å². The van der Waals surface area contributed by atoms with E-state index in [1.54, 1.807) is 6.07 Å². The van der Waals surface area contributed by atoms with Crippen molar-refractivity contribution in [1.82, 2.24) is 15.3 Å². The molecule has 0 bridgehead atoms. The highest BCUT2D eigenvalue weighted by molar-refractivity contribution is 6.31. The third-order valence-electron chi connectivity index (χ3n) is 7.04. The van der Waals surface area contributed by atoms with Gasteiger partial charge in [0.05, 0.1) is 5.69 Å². The zero-order valence-electron chi connectivity index (χ0n) is 21.9. The van der Waals surface area contributed by atoms with Crippen LogP contribution in [0.25, 0.3) is 0 Å². The number of carbonyl (C=O) groups excluding carboxylic acids is 3. The molecular formula is C28H21ClF4N6O4. The number of halogens is 5. The highest BCUT2D eigenvalue weighted by atomic mass is 35.5. The molecule has 0 unspecified atom stereocenters. The summed E-state index contributed by atoms with van der Waals surface area (Å²) in [5.41, 5.74) is -0.660. The summed E-state index contributed by atoms with van der Waals surface area (Å²) in [6.07, 6.45) is -2.47. The molecular weight excluding hydrogens is 596 g/mol. The summed E-state index contributed by atoms with van der Waals surface area (Å²) in [6.45, 7) is 0. The third kappa shape index (κ3) is 5.99. The summed E-state index contributed by atoms with van der Waals surface area (Å²) in [6, 6.07) is 6.43. The number of nitriles is 1. The second kappa shape index (κ2) is 11.6. The SMILES string of the molecule is N#Cc1ccnc(N2C(=O)[C@H](O)C[C@H]2C(=O)N(c2cc(F)cc(F)c2)[C@@H](C(=O)NC2CC(F)(F)C2)c2ccccc2Cl)n1. The van der Waals surface area contributed by atoms with Gasteiger partial charge in [-0.05, 0) is 24.3 Å². The zero-order chi connectivity index (χ0) is 31.1. The minimum absolute atomic E-state index is 0.0232. The Bertz CT molecular complexity index is 1630. The predicted molar refractivity (Wildman–Crippen MR) is 143 cm³/mol. The number of nitrogens with zero attached hydrogens (tertiary/aromatic N) is 5. The molecule has 1 saturated heterocycles. The van der Waals surface area contributed by atoms with Crippen molar-refractivity contribution < 1.29 is 37.1 Å². The zero-order valence-corrected chi connectivity index (χ0v) is 22.7. The van der Waals surface area contributed by atoms with Crippen LogP contribution in [0.1, 0.15) is 36.6 Å². The fourth-order valence-electron chi connectivity index (χ4n) is 5.09. The van der Waals surface area contributed by atoms with Crippen LogP contribution in [0.15, 0.2) is 54.7 Å². The summed E-state index contributed by atoms with van der Waals surface area (Å²) in [4.78, 5) is 50.5. The molecule has 3 aromatic rings. The molecule has 2 heterocycles. The van der Waals surface area contributed by atoms with Gasteiger partial charge in [-0.15, -0.1) is 0 Å². The molecule has 1 aliphatic carbocycles. The lowest BCUT2D eigenvalue weighted by atomic mass is 9.87. The van der Waals surface area contributed by atoms with Crippen LogP contribution in [0.3, 0.4) is 0 Å². The highest BCUT2D eigenvalue weighted by Gasteiger charge is 2.50. The number of rotatable bonds is 7. The average molecular weight is 617 g/mol. The first-order chi connectivity index (χ1) is 20.4. The van der Waals surface area contributed by atoms with E-state index in [1.807, 2.05) is 0 Å². The lowest BCUT2D eigenvalue weighted by molar-refractivity contribution is -0.133. The number of nitrogens with one attached hydrogen (secondary N) is 1. The smallest absolute Gasteiger partial charge is 0.259 e. The molecule has 5 rings (SSSR count). The minimum atomic E-state index is -3.00. The molecule has 43 heavy (non-hydrogen) atoms. The molecule has 222 valence electrons. The maximum atomic E-state index is 14.5. The summed E-state index contributed by atoms with van der Waals surface area (Å²) >= 11 is 6.41. The first kappa shape index (κ1) is 29.9. The van der Waals surface area contributed by atoms with Crippen LogP contribution in [0, 0.1) is 23.0 Å². The van der Waals surface area contributed by atoms with Gasteiger partial charge in [0.15, 0.2) is 0 Å². The Hall–Kier alpha value is -4.61. The quantitative estimate of drug-likeness (QED) is 0.388.